The monoisotopic (exact) mass is 461 g/mol. The molecule has 0 saturated carbocycles. The van der Waals surface area contributed by atoms with Crippen molar-refractivity contribution in [1.29, 1.82) is 0 Å². The number of carbonyl (C=O) groups is 3. The Morgan fingerprint density at radius 1 is 1.06 bits per heavy atom. The minimum Gasteiger partial charge on any atom is -0.343 e. The number of carbonyl (C=O) groups excluding carboxylic acids is 3. The van der Waals surface area contributed by atoms with Crippen molar-refractivity contribution in [3.8, 4) is 0 Å². The average molecular weight is 462 g/mol. The fraction of sp³-hybridized carbons (Fsp3) is 0.464. The van der Waals surface area contributed by atoms with E-state index in [0.717, 1.165) is 36.8 Å². The molecule has 2 amide bonds. The van der Waals surface area contributed by atoms with E-state index in [2.05, 4.69) is 23.5 Å². The van der Waals surface area contributed by atoms with Crippen LogP contribution in [0.4, 0.5) is 0 Å². The van der Waals surface area contributed by atoms with Crippen LogP contribution in [0.25, 0.3) is 0 Å². The molecule has 1 aliphatic heterocycles. The Hall–Kier alpha value is -2.99. The van der Waals surface area contributed by atoms with E-state index in [1.54, 1.807) is 13.8 Å². The number of nitrogens with zero attached hydrogens (tertiary/aromatic N) is 1. The van der Waals surface area contributed by atoms with Crippen molar-refractivity contribution < 1.29 is 14.4 Å². The molecule has 2 aliphatic rings. The number of rotatable bonds is 7. The molecule has 1 fully saturated rings. The van der Waals surface area contributed by atoms with Gasteiger partial charge in [0.1, 0.15) is 6.04 Å². The molecule has 180 valence electrons. The summed E-state index contributed by atoms with van der Waals surface area (Å²) in [5.41, 5.74) is 7.94. The molecule has 1 heterocycles. The lowest BCUT2D eigenvalue weighted by atomic mass is 9.73. The van der Waals surface area contributed by atoms with Crippen molar-refractivity contribution >= 4 is 17.6 Å². The summed E-state index contributed by atoms with van der Waals surface area (Å²) >= 11 is 0. The minimum absolute atomic E-state index is 0.0573. The van der Waals surface area contributed by atoms with Crippen LogP contribution in [0.3, 0.4) is 0 Å². The Kier molecular flexibility index (Phi) is 6.89. The zero-order valence-corrected chi connectivity index (χ0v) is 20.2. The van der Waals surface area contributed by atoms with E-state index < -0.39 is 11.6 Å². The normalized spacial score (nSPS) is 18.0. The van der Waals surface area contributed by atoms with Gasteiger partial charge in [-0.05, 0) is 57.1 Å². The molecule has 1 spiro atoms. The predicted molar refractivity (Wildman–Crippen MR) is 132 cm³/mol. The second kappa shape index (κ2) is 9.71. The summed E-state index contributed by atoms with van der Waals surface area (Å²) in [7, 11) is 0. The zero-order valence-electron chi connectivity index (χ0n) is 20.2. The molecule has 6 heteroatoms. The van der Waals surface area contributed by atoms with Crippen LogP contribution in [0.15, 0.2) is 54.6 Å². The van der Waals surface area contributed by atoms with Crippen molar-refractivity contribution in [2.75, 3.05) is 13.1 Å². The molecule has 3 N–H and O–H groups in total. The van der Waals surface area contributed by atoms with E-state index >= 15 is 0 Å². The van der Waals surface area contributed by atoms with Crippen LogP contribution >= 0.6 is 0 Å². The Bertz CT molecular complexity index is 1050. The Morgan fingerprint density at radius 2 is 1.71 bits per heavy atom. The molecular formula is C28H35N3O3. The first-order valence-electron chi connectivity index (χ1n) is 12.2. The van der Waals surface area contributed by atoms with Gasteiger partial charge in [0.15, 0.2) is 5.78 Å². The number of Topliss-reactive ketones (excluding diaryl/α,β-unsaturated/α-hetero) is 1. The highest BCUT2D eigenvalue weighted by Crippen LogP contribution is 2.46. The molecule has 4 rings (SSSR count). The van der Waals surface area contributed by atoms with Gasteiger partial charge in [-0.25, -0.2) is 0 Å². The van der Waals surface area contributed by atoms with E-state index in [9.17, 15) is 14.4 Å². The van der Waals surface area contributed by atoms with Crippen molar-refractivity contribution in [1.82, 2.24) is 10.2 Å². The SMILES string of the molecule is CC(C)(N)C(=O)NC(CCCc1ccccc1)C(=O)N1CCC2(CC1)CC(=O)c1ccccc12. The van der Waals surface area contributed by atoms with E-state index in [1.165, 1.54) is 5.56 Å². The molecule has 0 aromatic heterocycles. The molecule has 0 bridgehead atoms. The highest BCUT2D eigenvalue weighted by atomic mass is 16.2. The number of nitrogens with one attached hydrogen (secondary N) is 1. The van der Waals surface area contributed by atoms with E-state index in [1.807, 2.05) is 41.3 Å². The third-order valence-corrected chi connectivity index (χ3v) is 7.32. The second-order valence-electron chi connectivity index (χ2n) is 10.4. The second-order valence-corrected chi connectivity index (χ2v) is 10.4. The number of hydrogen-bond acceptors (Lipinski definition) is 4. The summed E-state index contributed by atoms with van der Waals surface area (Å²) in [4.78, 5) is 40.6. The van der Waals surface area contributed by atoms with Gasteiger partial charge in [-0.2, -0.15) is 0 Å². The quantitative estimate of drug-likeness (QED) is 0.661. The first kappa shape index (κ1) is 24.1. The number of fused-ring (bicyclic) bond motifs is 2. The number of hydrogen-bond donors (Lipinski definition) is 2. The highest BCUT2D eigenvalue weighted by Gasteiger charge is 2.46. The van der Waals surface area contributed by atoms with Crippen molar-refractivity contribution in [2.24, 2.45) is 5.73 Å². The lowest BCUT2D eigenvalue weighted by Crippen LogP contribution is -2.57. The molecule has 2 aromatic carbocycles. The fourth-order valence-electron chi connectivity index (χ4n) is 5.26. The first-order chi connectivity index (χ1) is 16.2. The topological polar surface area (TPSA) is 92.5 Å². The molecule has 34 heavy (non-hydrogen) atoms. The number of benzene rings is 2. The summed E-state index contributed by atoms with van der Waals surface area (Å²) in [6.07, 6.45) is 4.22. The predicted octanol–water partition coefficient (Wildman–Crippen LogP) is 3.38. The van der Waals surface area contributed by atoms with Crippen molar-refractivity contribution in [3.05, 3.63) is 71.3 Å². The van der Waals surface area contributed by atoms with Crippen molar-refractivity contribution in [3.63, 3.8) is 0 Å². The zero-order chi connectivity index (χ0) is 24.3. The van der Waals surface area contributed by atoms with Crippen LogP contribution in [0.1, 0.15) is 67.4 Å². The summed E-state index contributed by atoms with van der Waals surface area (Å²) in [6, 6.07) is 17.4. The molecule has 1 aliphatic carbocycles. The lowest BCUT2D eigenvalue weighted by molar-refractivity contribution is -0.139. The maximum atomic E-state index is 13.5. The van der Waals surface area contributed by atoms with Crippen molar-refractivity contribution in [2.45, 2.75) is 69.4 Å². The van der Waals surface area contributed by atoms with Crippen LogP contribution in [-0.2, 0) is 21.4 Å². The van der Waals surface area contributed by atoms with Gasteiger partial charge in [0.2, 0.25) is 11.8 Å². The highest BCUT2D eigenvalue weighted by molar-refractivity contribution is 6.02. The number of amides is 2. The molecule has 1 atom stereocenters. The third-order valence-electron chi connectivity index (χ3n) is 7.32. The van der Waals surface area contributed by atoms with Gasteiger partial charge in [-0.1, -0.05) is 54.6 Å². The van der Waals surface area contributed by atoms with Gasteiger partial charge in [-0.15, -0.1) is 0 Å². The van der Waals surface area contributed by atoms with Crippen LogP contribution in [0.5, 0.6) is 0 Å². The Balaban J connectivity index is 1.42. The van der Waals surface area contributed by atoms with E-state index in [0.29, 0.717) is 25.9 Å². The third kappa shape index (κ3) is 5.07. The Morgan fingerprint density at radius 3 is 2.38 bits per heavy atom. The number of piperidine rings is 1. The summed E-state index contributed by atoms with van der Waals surface area (Å²) in [6.45, 7) is 4.45. The molecule has 6 nitrogen and oxygen atoms in total. The lowest BCUT2D eigenvalue weighted by Gasteiger charge is -2.41. The molecule has 1 saturated heterocycles. The fourth-order valence-corrected chi connectivity index (χ4v) is 5.26. The first-order valence-corrected chi connectivity index (χ1v) is 12.2. The number of ketones is 1. The van der Waals surface area contributed by atoms with Crippen LogP contribution in [0, 0.1) is 0 Å². The maximum Gasteiger partial charge on any atom is 0.245 e. The summed E-state index contributed by atoms with van der Waals surface area (Å²) < 4.78 is 0. The molecular weight excluding hydrogens is 426 g/mol. The largest absolute Gasteiger partial charge is 0.343 e. The molecule has 0 radical (unpaired) electrons. The van der Waals surface area contributed by atoms with E-state index in [4.69, 9.17) is 5.73 Å². The number of aryl methyl sites for hydroxylation is 1. The van der Waals surface area contributed by atoms with Gasteiger partial charge >= 0.3 is 0 Å². The minimum atomic E-state index is -1.06. The molecule has 1 unspecified atom stereocenters. The number of likely N-dealkylation sites (tertiary alicyclic amines) is 1. The van der Waals surface area contributed by atoms with Gasteiger partial charge in [-0.3, -0.25) is 14.4 Å². The van der Waals surface area contributed by atoms with Gasteiger partial charge in [0.25, 0.3) is 0 Å². The average Bonchev–Trinajstić information content (AvgIpc) is 3.10. The Labute approximate surface area is 201 Å². The summed E-state index contributed by atoms with van der Waals surface area (Å²) in [5, 5.41) is 2.91. The number of nitrogens with two attached hydrogens (primary N) is 1. The van der Waals surface area contributed by atoms with Gasteiger partial charge < -0.3 is 16.0 Å². The van der Waals surface area contributed by atoms with Crippen LogP contribution in [-0.4, -0.2) is 47.2 Å². The van der Waals surface area contributed by atoms with Crippen LogP contribution in [0.2, 0.25) is 0 Å². The van der Waals surface area contributed by atoms with Gasteiger partial charge in [0, 0.05) is 30.5 Å². The standard InChI is InChI=1S/C28H35N3O3/c1-27(2,29)26(34)30-23(14-8-11-20-9-4-3-5-10-20)25(33)31-17-15-28(16-18-31)19-24(32)21-12-6-7-13-22(21)28/h3-7,9-10,12-13,23H,8,11,14-19,29H2,1-2H3,(H,30,34). The maximum absolute atomic E-state index is 13.5. The molecule has 2 aromatic rings. The van der Waals surface area contributed by atoms with Gasteiger partial charge in [0.05, 0.1) is 5.54 Å². The summed E-state index contributed by atoms with van der Waals surface area (Å²) in [5.74, 6) is -0.181. The van der Waals surface area contributed by atoms with Crippen LogP contribution < -0.4 is 11.1 Å². The smallest absolute Gasteiger partial charge is 0.245 e. The van der Waals surface area contributed by atoms with E-state index in [-0.39, 0.29) is 23.0 Å².